The monoisotopic (exact) mass is 342 g/mol. The van der Waals surface area contributed by atoms with Gasteiger partial charge in [0.1, 0.15) is 0 Å². The van der Waals surface area contributed by atoms with Crippen LogP contribution in [0.5, 0.6) is 0 Å². The van der Waals surface area contributed by atoms with E-state index in [0.717, 1.165) is 10.0 Å². The van der Waals surface area contributed by atoms with Crippen molar-refractivity contribution in [3.63, 3.8) is 0 Å². The number of halogens is 1. The second-order valence-electron chi connectivity index (χ2n) is 4.33. The average Bonchev–Trinajstić information content (AvgIpc) is 2.38. The van der Waals surface area contributed by atoms with Gasteiger partial charge in [0, 0.05) is 31.1 Å². The SMILES string of the molecule is COCCNC(=O)CCNC(=O)c1ccc(C)cc1Br. The van der Waals surface area contributed by atoms with Crippen molar-refractivity contribution >= 4 is 27.7 Å². The molecule has 0 aliphatic carbocycles. The maximum atomic E-state index is 11.9. The van der Waals surface area contributed by atoms with Crippen molar-refractivity contribution in [1.82, 2.24) is 10.6 Å². The highest BCUT2D eigenvalue weighted by Crippen LogP contribution is 2.18. The van der Waals surface area contributed by atoms with E-state index in [9.17, 15) is 9.59 Å². The van der Waals surface area contributed by atoms with Crippen molar-refractivity contribution in [2.24, 2.45) is 0 Å². The number of benzene rings is 1. The molecule has 20 heavy (non-hydrogen) atoms. The van der Waals surface area contributed by atoms with Gasteiger partial charge in [-0.1, -0.05) is 6.07 Å². The maximum Gasteiger partial charge on any atom is 0.252 e. The molecular formula is C14H19BrN2O3. The van der Waals surface area contributed by atoms with Crippen LogP contribution in [0.25, 0.3) is 0 Å². The largest absolute Gasteiger partial charge is 0.383 e. The zero-order valence-electron chi connectivity index (χ0n) is 11.7. The fourth-order valence-corrected chi connectivity index (χ4v) is 2.24. The van der Waals surface area contributed by atoms with E-state index >= 15 is 0 Å². The topological polar surface area (TPSA) is 67.4 Å². The molecule has 0 spiro atoms. The second-order valence-corrected chi connectivity index (χ2v) is 5.19. The number of carbonyl (C=O) groups is 2. The highest BCUT2D eigenvalue weighted by atomic mass is 79.9. The molecule has 0 atom stereocenters. The number of hydrogen-bond acceptors (Lipinski definition) is 3. The smallest absolute Gasteiger partial charge is 0.252 e. The number of amides is 2. The van der Waals surface area contributed by atoms with Gasteiger partial charge >= 0.3 is 0 Å². The maximum absolute atomic E-state index is 11.9. The Morgan fingerprint density at radius 1 is 1.25 bits per heavy atom. The van der Waals surface area contributed by atoms with E-state index < -0.39 is 0 Å². The summed E-state index contributed by atoms with van der Waals surface area (Å²) in [5.74, 6) is -0.299. The van der Waals surface area contributed by atoms with Crippen LogP contribution in [0.1, 0.15) is 22.3 Å². The summed E-state index contributed by atoms with van der Waals surface area (Å²) >= 11 is 3.36. The van der Waals surface area contributed by atoms with Crippen molar-refractivity contribution in [2.75, 3.05) is 26.8 Å². The van der Waals surface area contributed by atoms with Crippen molar-refractivity contribution in [1.29, 1.82) is 0 Å². The predicted molar refractivity (Wildman–Crippen MR) is 80.7 cm³/mol. The average molecular weight is 343 g/mol. The highest BCUT2D eigenvalue weighted by Gasteiger charge is 2.10. The summed E-state index contributed by atoms with van der Waals surface area (Å²) in [4.78, 5) is 23.3. The Labute approximate surface area is 127 Å². The van der Waals surface area contributed by atoms with Crippen LogP contribution in [-0.2, 0) is 9.53 Å². The summed E-state index contributed by atoms with van der Waals surface area (Å²) in [7, 11) is 1.58. The molecule has 0 fully saturated rings. The standard InChI is InChI=1S/C14H19BrN2O3/c1-10-3-4-11(12(15)9-10)14(19)17-6-5-13(18)16-7-8-20-2/h3-4,9H,5-8H2,1-2H3,(H,16,18)(H,17,19). The van der Waals surface area contributed by atoms with E-state index in [1.807, 2.05) is 19.1 Å². The van der Waals surface area contributed by atoms with E-state index in [0.29, 0.717) is 25.3 Å². The lowest BCUT2D eigenvalue weighted by atomic mass is 10.1. The first-order valence-electron chi connectivity index (χ1n) is 6.34. The molecule has 0 aliphatic heterocycles. The first-order valence-corrected chi connectivity index (χ1v) is 7.14. The zero-order chi connectivity index (χ0) is 15.0. The van der Waals surface area contributed by atoms with Crippen LogP contribution < -0.4 is 10.6 Å². The summed E-state index contributed by atoms with van der Waals surface area (Å²) in [6.45, 7) is 3.22. The van der Waals surface area contributed by atoms with Gasteiger partial charge in [-0.15, -0.1) is 0 Å². The lowest BCUT2D eigenvalue weighted by molar-refractivity contribution is -0.121. The van der Waals surface area contributed by atoms with Crippen molar-refractivity contribution in [3.8, 4) is 0 Å². The minimum absolute atomic E-state index is 0.106. The molecule has 0 unspecified atom stereocenters. The van der Waals surface area contributed by atoms with Crippen LogP contribution in [0.4, 0.5) is 0 Å². The quantitative estimate of drug-likeness (QED) is 0.740. The Morgan fingerprint density at radius 2 is 2.00 bits per heavy atom. The fraction of sp³-hybridized carbons (Fsp3) is 0.429. The number of methoxy groups -OCH3 is 1. The summed E-state index contributed by atoms with van der Waals surface area (Å²) < 4.78 is 5.58. The highest BCUT2D eigenvalue weighted by molar-refractivity contribution is 9.10. The van der Waals surface area contributed by atoms with Gasteiger partial charge < -0.3 is 15.4 Å². The van der Waals surface area contributed by atoms with E-state index in [4.69, 9.17) is 4.74 Å². The molecule has 1 rings (SSSR count). The summed E-state index contributed by atoms with van der Waals surface area (Å²) in [6.07, 6.45) is 0.249. The third-order valence-corrected chi connectivity index (χ3v) is 3.29. The third kappa shape index (κ3) is 5.71. The normalized spacial score (nSPS) is 10.2. The molecule has 0 aliphatic rings. The molecule has 2 N–H and O–H groups in total. The molecule has 5 nitrogen and oxygen atoms in total. The zero-order valence-corrected chi connectivity index (χ0v) is 13.2. The molecule has 0 heterocycles. The van der Waals surface area contributed by atoms with Crippen molar-refractivity contribution in [3.05, 3.63) is 33.8 Å². The Hall–Kier alpha value is -1.40. The number of nitrogens with one attached hydrogen (secondary N) is 2. The summed E-state index contributed by atoms with van der Waals surface area (Å²) in [5, 5.41) is 5.41. The van der Waals surface area contributed by atoms with Gasteiger partial charge in [-0.05, 0) is 40.5 Å². The number of rotatable bonds is 7. The van der Waals surface area contributed by atoms with Gasteiger partial charge in [-0.25, -0.2) is 0 Å². The van der Waals surface area contributed by atoms with Crippen LogP contribution in [0.3, 0.4) is 0 Å². The van der Waals surface area contributed by atoms with Crippen molar-refractivity contribution in [2.45, 2.75) is 13.3 Å². The number of hydrogen-bond donors (Lipinski definition) is 2. The fourth-order valence-electron chi connectivity index (χ4n) is 1.57. The van der Waals surface area contributed by atoms with E-state index in [1.54, 1.807) is 13.2 Å². The first-order chi connectivity index (χ1) is 9.54. The van der Waals surface area contributed by atoms with Gasteiger partial charge in [-0.2, -0.15) is 0 Å². The van der Waals surface area contributed by atoms with Crippen molar-refractivity contribution < 1.29 is 14.3 Å². The van der Waals surface area contributed by atoms with Gasteiger partial charge in [-0.3, -0.25) is 9.59 Å². The van der Waals surface area contributed by atoms with Gasteiger partial charge in [0.2, 0.25) is 5.91 Å². The van der Waals surface area contributed by atoms with E-state index in [-0.39, 0.29) is 18.2 Å². The Morgan fingerprint density at radius 3 is 2.65 bits per heavy atom. The number of aryl methyl sites for hydroxylation is 1. The van der Waals surface area contributed by atoms with Crippen LogP contribution in [-0.4, -0.2) is 38.6 Å². The molecule has 6 heteroatoms. The molecule has 1 aromatic rings. The molecule has 0 radical (unpaired) electrons. The van der Waals surface area contributed by atoms with Gasteiger partial charge in [0.05, 0.1) is 12.2 Å². The summed E-state index contributed by atoms with van der Waals surface area (Å²) in [5.41, 5.74) is 1.64. The molecule has 0 bridgehead atoms. The van der Waals surface area contributed by atoms with Crippen LogP contribution in [0.15, 0.2) is 22.7 Å². The number of carbonyl (C=O) groups excluding carboxylic acids is 2. The Bertz CT molecular complexity index is 477. The molecule has 110 valence electrons. The molecule has 0 saturated carbocycles. The molecule has 0 saturated heterocycles. The Balaban J connectivity index is 2.34. The van der Waals surface area contributed by atoms with Crippen LogP contribution >= 0.6 is 15.9 Å². The molecular weight excluding hydrogens is 324 g/mol. The third-order valence-electron chi connectivity index (χ3n) is 2.64. The number of ether oxygens (including phenoxy) is 1. The molecule has 0 aromatic heterocycles. The predicted octanol–water partition coefficient (Wildman–Crippen LogP) is 1.64. The van der Waals surface area contributed by atoms with Gasteiger partial charge in [0.15, 0.2) is 0 Å². The minimum atomic E-state index is -0.193. The van der Waals surface area contributed by atoms with Gasteiger partial charge in [0.25, 0.3) is 5.91 Å². The lowest BCUT2D eigenvalue weighted by Crippen LogP contribution is -2.32. The Kier molecular flexibility index (Phi) is 7.25. The minimum Gasteiger partial charge on any atom is -0.383 e. The summed E-state index contributed by atoms with van der Waals surface area (Å²) in [6, 6.07) is 5.51. The molecule has 1 aromatic carbocycles. The van der Waals surface area contributed by atoms with Crippen LogP contribution in [0.2, 0.25) is 0 Å². The second kappa shape index (κ2) is 8.71. The van der Waals surface area contributed by atoms with E-state index in [2.05, 4.69) is 26.6 Å². The first kappa shape index (κ1) is 16.7. The van der Waals surface area contributed by atoms with Crippen LogP contribution in [0, 0.1) is 6.92 Å². The lowest BCUT2D eigenvalue weighted by Gasteiger charge is -2.08. The molecule has 2 amide bonds. The van der Waals surface area contributed by atoms with E-state index in [1.165, 1.54) is 0 Å².